The van der Waals surface area contributed by atoms with Crippen molar-refractivity contribution in [2.24, 2.45) is 0 Å². The lowest BCUT2D eigenvalue weighted by Gasteiger charge is -2.18. The van der Waals surface area contributed by atoms with E-state index in [1.165, 1.54) is 0 Å². The Labute approximate surface area is 93.9 Å². The summed E-state index contributed by atoms with van der Waals surface area (Å²) < 4.78 is 0. The number of aliphatic hydroxyl groups is 3. The molecule has 15 heavy (non-hydrogen) atoms. The lowest BCUT2D eigenvalue weighted by molar-refractivity contribution is 0.0322. The van der Waals surface area contributed by atoms with E-state index in [2.05, 4.69) is 0 Å². The third-order valence-corrected chi connectivity index (χ3v) is 2.68. The summed E-state index contributed by atoms with van der Waals surface area (Å²) >= 11 is 5.46. The summed E-state index contributed by atoms with van der Waals surface area (Å²) in [5, 5.41) is 28.2. The zero-order valence-electron chi connectivity index (χ0n) is 8.52. The Kier molecular flexibility index (Phi) is 4.54. The molecule has 2 atom stereocenters. The van der Waals surface area contributed by atoms with E-state index in [0.29, 0.717) is 11.1 Å². The van der Waals surface area contributed by atoms with Gasteiger partial charge in [0.05, 0.1) is 18.6 Å². The molecule has 84 valence electrons. The van der Waals surface area contributed by atoms with Gasteiger partial charge in [-0.25, -0.2) is 0 Å². The maximum absolute atomic E-state index is 9.77. The van der Waals surface area contributed by atoms with Gasteiger partial charge >= 0.3 is 0 Å². The van der Waals surface area contributed by atoms with Crippen molar-refractivity contribution in [3.63, 3.8) is 0 Å². The van der Waals surface area contributed by atoms with Crippen molar-refractivity contribution in [3.8, 4) is 0 Å². The molecule has 0 bridgehead atoms. The number of aliphatic hydroxyl groups excluding tert-OH is 3. The largest absolute Gasteiger partial charge is 0.392 e. The number of hydrogen-bond acceptors (Lipinski definition) is 3. The van der Waals surface area contributed by atoms with E-state index in [1.54, 1.807) is 18.2 Å². The number of benzene rings is 1. The summed E-state index contributed by atoms with van der Waals surface area (Å²) in [6.45, 7) is 1.75. The van der Waals surface area contributed by atoms with E-state index in [0.717, 1.165) is 5.56 Å². The number of hydrogen-bond donors (Lipinski definition) is 3. The third-order valence-electron chi connectivity index (χ3n) is 2.37. The van der Waals surface area contributed by atoms with Gasteiger partial charge < -0.3 is 15.3 Å². The van der Waals surface area contributed by atoms with Gasteiger partial charge in [0.1, 0.15) is 6.10 Å². The standard InChI is InChI=1S/C11H15ClO3/c1-7-2-3-8(6-13)4-9(7)11(15)10(14)5-12/h2-4,10-11,13-15H,5-6H2,1H3. The monoisotopic (exact) mass is 230 g/mol. The first-order valence-corrected chi connectivity index (χ1v) is 5.26. The van der Waals surface area contributed by atoms with Gasteiger partial charge in [0, 0.05) is 0 Å². The molecule has 0 heterocycles. The van der Waals surface area contributed by atoms with Crippen LogP contribution in [0, 0.1) is 6.92 Å². The fraction of sp³-hybridized carbons (Fsp3) is 0.455. The molecule has 1 rings (SSSR count). The normalized spacial score (nSPS) is 15.0. The van der Waals surface area contributed by atoms with E-state index in [1.807, 2.05) is 6.92 Å². The van der Waals surface area contributed by atoms with Crippen molar-refractivity contribution in [2.45, 2.75) is 25.7 Å². The van der Waals surface area contributed by atoms with Crippen molar-refractivity contribution in [1.29, 1.82) is 0 Å². The molecule has 4 heteroatoms. The van der Waals surface area contributed by atoms with Gasteiger partial charge in [-0.1, -0.05) is 18.2 Å². The highest BCUT2D eigenvalue weighted by Crippen LogP contribution is 2.22. The topological polar surface area (TPSA) is 60.7 Å². The molecule has 0 fully saturated rings. The molecule has 2 unspecified atom stereocenters. The third kappa shape index (κ3) is 2.92. The van der Waals surface area contributed by atoms with Crippen molar-refractivity contribution < 1.29 is 15.3 Å². The van der Waals surface area contributed by atoms with Crippen LogP contribution in [0.1, 0.15) is 22.8 Å². The summed E-state index contributed by atoms with van der Waals surface area (Å²) in [6, 6.07) is 5.25. The molecule has 0 aliphatic heterocycles. The lowest BCUT2D eigenvalue weighted by atomic mass is 9.98. The van der Waals surface area contributed by atoms with E-state index in [-0.39, 0.29) is 12.5 Å². The number of aryl methyl sites for hydroxylation is 1. The Hall–Kier alpha value is -0.610. The first-order chi connectivity index (χ1) is 7.10. The maximum atomic E-state index is 9.77. The average Bonchev–Trinajstić information content (AvgIpc) is 2.27. The van der Waals surface area contributed by atoms with Gasteiger partial charge in [-0.05, 0) is 23.6 Å². The van der Waals surface area contributed by atoms with Crippen molar-refractivity contribution in [1.82, 2.24) is 0 Å². The first-order valence-electron chi connectivity index (χ1n) is 4.72. The van der Waals surface area contributed by atoms with Gasteiger partial charge in [-0.15, -0.1) is 11.6 Å². The minimum Gasteiger partial charge on any atom is -0.392 e. The number of halogens is 1. The summed E-state index contributed by atoms with van der Waals surface area (Å²) in [6.07, 6.45) is -1.99. The van der Waals surface area contributed by atoms with Crippen LogP contribution in [-0.4, -0.2) is 27.3 Å². The van der Waals surface area contributed by atoms with Crippen LogP contribution < -0.4 is 0 Å². The van der Waals surface area contributed by atoms with Gasteiger partial charge in [-0.3, -0.25) is 0 Å². The predicted octanol–water partition coefficient (Wildman–Crippen LogP) is 1.12. The van der Waals surface area contributed by atoms with Crippen LogP contribution in [-0.2, 0) is 6.61 Å². The van der Waals surface area contributed by atoms with E-state index in [4.69, 9.17) is 16.7 Å². The van der Waals surface area contributed by atoms with Crippen LogP contribution in [0.5, 0.6) is 0 Å². The van der Waals surface area contributed by atoms with Gasteiger partial charge in [0.25, 0.3) is 0 Å². The average molecular weight is 231 g/mol. The fourth-order valence-electron chi connectivity index (χ4n) is 1.40. The molecule has 3 nitrogen and oxygen atoms in total. The zero-order chi connectivity index (χ0) is 11.4. The van der Waals surface area contributed by atoms with Crippen LogP contribution in [0.2, 0.25) is 0 Å². The highest BCUT2D eigenvalue weighted by Gasteiger charge is 2.19. The second-order valence-corrected chi connectivity index (χ2v) is 3.82. The molecule has 0 spiro atoms. The number of rotatable bonds is 4. The zero-order valence-corrected chi connectivity index (χ0v) is 9.28. The Balaban J connectivity index is 3.01. The van der Waals surface area contributed by atoms with Crippen LogP contribution in [0.4, 0.5) is 0 Å². The second kappa shape index (κ2) is 5.47. The Morgan fingerprint density at radius 2 is 2.00 bits per heavy atom. The van der Waals surface area contributed by atoms with Crippen LogP contribution in [0.25, 0.3) is 0 Å². The molecule has 0 aromatic heterocycles. The van der Waals surface area contributed by atoms with Crippen molar-refractivity contribution in [2.75, 3.05) is 5.88 Å². The van der Waals surface area contributed by atoms with E-state index in [9.17, 15) is 10.2 Å². The van der Waals surface area contributed by atoms with E-state index >= 15 is 0 Å². The Bertz CT molecular complexity index is 328. The predicted molar refractivity (Wildman–Crippen MR) is 58.8 cm³/mol. The van der Waals surface area contributed by atoms with Crippen molar-refractivity contribution >= 4 is 11.6 Å². The molecule has 0 saturated carbocycles. The van der Waals surface area contributed by atoms with Crippen LogP contribution in [0.15, 0.2) is 18.2 Å². The maximum Gasteiger partial charge on any atom is 0.106 e. The summed E-state index contributed by atoms with van der Waals surface area (Å²) in [5.41, 5.74) is 2.18. The van der Waals surface area contributed by atoms with E-state index < -0.39 is 12.2 Å². The number of alkyl halides is 1. The SMILES string of the molecule is Cc1ccc(CO)cc1C(O)C(O)CCl. The molecule has 3 N–H and O–H groups in total. The lowest BCUT2D eigenvalue weighted by Crippen LogP contribution is -2.20. The fourth-order valence-corrected chi connectivity index (χ4v) is 1.57. The van der Waals surface area contributed by atoms with Gasteiger partial charge in [0.2, 0.25) is 0 Å². The highest BCUT2D eigenvalue weighted by molar-refractivity contribution is 6.18. The van der Waals surface area contributed by atoms with Crippen LogP contribution in [0.3, 0.4) is 0 Å². The molecule has 0 aliphatic carbocycles. The minimum absolute atomic E-state index is 0.0238. The molecule has 1 aromatic carbocycles. The minimum atomic E-state index is -1.01. The summed E-state index contributed by atoms with van der Waals surface area (Å²) in [4.78, 5) is 0. The Morgan fingerprint density at radius 1 is 1.33 bits per heavy atom. The quantitative estimate of drug-likeness (QED) is 0.680. The molecule has 0 saturated heterocycles. The Morgan fingerprint density at radius 3 is 2.53 bits per heavy atom. The van der Waals surface area contributed by atoms with Crippen molar-refractivity contribution in [3.05, 3.63) is 34.9 Å². The first kappa shape index (κ1) is 12.5. The van der Waals surface area contributed by atoms with Gasteiger partial charge in [-0.2, -0.15) is 0 Å². The molecule has 0 radical (unpaired) electrons. The molecular weight excluding hydrogens is 216 g/mol. The summed E-state index contributed by atoms with van der Waals surface area (Å²) in [5.74, 6) is -0.0238. The highest BCUT2D eigenvalue weighted by atomic mass is 35.5. The van der Waals surface area contributed by atoms with Gasteiger partial charge in [0.15, 0.2) is 0 Å². The molecule has 1 aromatic rings. The molecular formula is C11H15ClO3. The molecule has 0 aliphatic rings. The molecule has 0 amide bonds. The van der Waals surface area contributed by atoms with Crippen LogP contribution >= 0.6 is 11.6 Å². The smallest absolute Gasteiger partial charge is 0.106 e. The summed E-state index contributed by atoms with van der Waals surface area (Å²) in [7, 11) is 0. The second-order valence-electron chi connectivity index (χ2n) is 3.52.